The van der Waals surface area contributed by atoms with E-state index < -0.39 is 18.1 Å². The van der Waals surface area contributed by atoms with Crippen LogP contribution in [0.4, 0.5) is 24.9 Å². The van der Waals surface area contributed by atoms with E-state index in [-0.39, 0.29) is 18.2 Å². The topological polar surface area (TPSA) is 172 Å². The highest BCUT2D eigenvalue weighted by Gasteiger charge is 2.28. The van der Waals surface area contributed by atoms with Crippen molar-refractivity contribution in [1.82, 2.24) is 15.1 Å². The highest BCUT2D eigenvalue weighted by Crippen LogP contribution is 2.17. The van der Waals surface area contributed by atoms with Gasteiger partial charge in [-0.25, -0.2) is 4.98 Å². The number of carboxylic acid groups (broad SMARTS) is 2. The molecule has 26 heavy (non-hydrogen) atoms. The zero-order chi connectivity index (χ0) is 19.9. The van der Waals surface area contributed by atoms with Crippen molar-refractivity contribution in [2.45, 2.75) is 19.1 Å². The van der Waals surface area contributed by atoms with Crippen LogP contribution < -0.4 is 21.3 Å². The van der Waals surface area contributed by atoms with Crippen molar-refractivity contribution < 1.29 is 37.7 Å². The summed E-state index contributed by atoms with van der Waals surface area (Å²) in [6.45, 7) is 0.309. The van der Waals surface area contributed by atoms with Gasteiger partial charge in [0, 0.05) is 17.7 Å². The van der Waals surface area contributed by atoms with Crippen molar-refractivity contribution in [1.29, 1.82) is 0 Å². The SMILES string of the molecule is Nc1cc(-c2cc[n+](CCC(=O)O)nc2)nc(N)n1.O=C([O-])C(F)(F)F. The molecule has 0 saturated heterocycles. The van der Waals surface area contributed by atoms with Crippen molar-refractivity contribution in [3.8, 4) is 11.3 Å². The first-order chi connectivity index (χ1) is 12.0. The standard InChI is InChI=1S/C11H12N6O2.C2HF3O2/c12-9-5-8(15-11(13)16-9)7-1-3-17(14-6-7)4-2-10(18)19;3-2(4,5)1(6)7/h1,3,5-6H,2,4H2,(H4-,12,13,15,16,18,19);(H,6,7). The Morgan fingerprint density at radius 1 is 1.27 bits per heavy atom. The number of carboxylic acids is 2. The first-order valence-electron chi connectivity index (χ1n) is 6.75. The van der Waals surface area contributed by atoms with Crippen LogP contribution in [0, 0.1) is 0 Å². The third-order valence-electron chi connectivity index (χ3n) is 2.62. The monoisotopic (exact) mass is 374 g/mol. The number of hydrogen-bond donors (Lipinski definition) is 3. The lowest BCUT2D eigenvalue weighted by Crippen LogP contribution is -2.38. The quantitative estimate of drug-likeness (QED) is 0.554. The fourth-order valence-electron chi connectivity index (χ4n) is 1.51. The highest BCUT2D eigenvalue weighted by molar-refractivity contribution is 5.70. The normalized spacial score (nSPS) is 10.6. The highest BCUT2D eigenvalue weighted by atomic mass is 19.4. The van der Waals surface area contributed by atoms with E-state index in [0.717, 1.165) is 5.56 Å². The Kier molecular flexibility index (Phi) is 6.75. The summed E-state index contributed by atoms with van der Waals surface area (Å²) in [5, 5.41) is 21.5. The molecule has 0 spiro atoms. The molecule has 2 aromatic heterocycles. The molecule has 0 aromatic carbocycles. The number of aromatic nitrogens is 4. The lowest BCUT2D eigenvalue weighted by molar-refractivity contribution is -0.752. The first kappa shape index (κ1) is 20.5. The fourth-order valence-corrected chi connectivity index (χ4v) is 1.51. The maximum absolute atomic E-state index is 10.5. The lowest BCUT2D eigenvalue weighted by Gasteiger charge is -2.03. The second-order valence-corrected chi connectivity index (χ2v) is 4.64. The Hall–Kier alpha value is -3.51. The smallest absolute Gasteiger partial charge is 0.430 e. The van der Waals surface area contributed by atoms with Crippen LogP contribution in [0.3, 0.4) is 0 Å². The van der Waals surface area contributed by atoms with E-state index in [2.05, 4.69) is 15.1 Å². The molecule has 0 radical (unpaired) electrons. The van der Waals surface area contributed by atoms with Gasteiger partial charge in [-0.05, 0) is 5.10 Å². The molecule has 5 N–H and O–H groups in total. The Morgan fingerprint density at radius 2 is 1.88 bits per heavy atom. The molecule has 10 nitrogen and oxygen atoms in total. The third kappa shape index (κ3) is 6.94. The Labute approximate surface area is 143 Å². The number of nitrogen functional groups attached to an aromatic ring is 2. The van der Waals surface area contributed by atoms with Crippen LogP contribution >= 0.6 is 0 Å². The lowest BCUT2D eigenvalue weighted by atomic mass is 10.2. The second kappa shape index (κ2) is 8.55. The zero-order valence-corrected chi connectivity index (χ0v) is 13.0. The van der Waals surface area contributed by atoms with Gasteiger partial charge in [0.15, 0.2) is 12.7 Å². The summed E-state index contributed by atoms with van der Waals surface area (Å²) in [6.07, 6.45) is -1.93. The number of aliphatic carboxylic acids is 2. The molecule has 0 amide bonds. The Balaban J connectivity index is 0.000000412. The fraction of sp³-hybridized carbons (Fsp3) is 0.231. The number of carbonyl (C=O) groups is 2. The maximum Gasteiger partial charge on any atom is 0.430 e. The number of aryl methyl sites for hydroxylation is 1. The second-order valence-electron chi connectivity index (χ2n) is 4.64. The van der Waals surface area contributed by atoms with Gasteiger partial charge in [-0.2, -0.15) is 18.2 Å². The van der Waals surface area contributed by atoms with E-state index in [9.17, 15) is 18.0 Å². The van der Waals surface area contributed by atoms with E-state index in [4.69, 9.17) is 26.5 Å². The Morgan fingerprint density at radius 3 is 2.31 bits per heavy atom. The summed E-state index contributed by atoms with van der Waals surface area (Å²) in [5.41, 5.74) is 12.4. The van der Waals surface area contributed by atoms with E-state index in [1.165, 1.54) is 4.68 Å². The molecule has 2 aromatic rings. The number of hydrogen-bond acceptors (Lipinski definition) is 8. The van der Waals surface area contributed by atoms with Crippen molar-refractivity contribution in [3.63, 3.8) is 0 Å². The molecule has 0 aliphatic rings. The number of alkyl halides is 3. The molecule has 0 bridgehead atoms. The minimum absolute atomic E-state index is 0.0183. The van der Waals surface area contributed by atoms with Gasteiger partial charge in [-0.3, -0.25) is 4.79 Å². The van der Waals surface area contributed by atoms with Crippen molar-refractivity contribution in [2.24, 2.45) is 0 Å². The molecule has 0 aliphatic heterocycles. The van der Waals surface area contributed by atoms with Gasteiger partial charge in [0.05, 0.1) is 5.69 Å². The summed E-state index contributed by atoms with van der Waals surface area (Å²) in [6, 6.07) is 3.35. The van der Waals surface area contributed by atoms with Crippen LogP contribution in [0.1, 0.15) is 6.42 Å². The van der Waals surface area contributed by atoms with Gasteiger partial charge in [-0.1, -0.05) is 4.68 Å². The average Bonchev–Trinajstić information content (AvgIpc) is 2.52. The maximum atomic E-state index is 10.5. The third-order valence-corrected chi connectivity index (χ3v) is 2.62. The van der Waals surface area contributed by atoms with Crippen LogP contribution in [-0.4, -0.2) is 38.3 Å². The van der Waals surface area contributed by atoms with E-state index >= 15 is 0 Å². The summed E-state index contributed by atoms with van der Waals surface area (Å²) in [4.78, 5) is 27.1. The number of rotatable bonds is 4. The van der Waals surface area contributed by atoms with Gasteiger partial charge in [0.2, 0.25) is 5.95 Å². The van der Waals surface area contributed by atoms with Gasteiger partial charge >= 0.3 is 12.1 Å². The van der Waals surface area contributed by atoms with Crippen LogP contribution in [0.5, 0.6) is 0 Å². The van der Waals surface area contributed by atoms with Gasteiger partial charge in [-0.15, -0.1) is 0 Å². The van der Waals surface area contributed by atoms with Crippen LogP contribution in [-0.2, 0) is 16.1 Å². The van der Waals surface area contributed by atoms with Gasteiger partial charge in [0.1, 0.15) is 24.4 Å². The first-order valence-corrected chi connectivity index (χ1v) is 6.75. The number of halogens is 3. The van der Waals surface area contributed by atoms with Crippen molar-refractivity contribution >= 4 is 23.7 Å². The molecule has 2 heterocycles. The molecule has 140 valence electrons. The summed E-state index contributed by atoms with van der Waals surface area (Å²) >= 11 is 0. The van der Waals surface area contributed by atoms with E-state index in [0.29, 0.717) is 12.2 Å². The predicted octanol–water partition coefficient (Wildman–Crippen LogP) is -1.24. The van der Waals surface area contributed by atoms with E-state index in [1.54, 1.807) is 24.5 Å². The molecule has 2 rings (SSSR count). The molecular formula is C13H13F3N6O4. The summed E-state index contributed by atoms with van der Waals surface area (Å²) < 4.78 is 33.1. The molecule has 0 atom stereocenters. The number of nitrogens with zero attached hydrogens (tertiary/aromatic N) is 4. The molecule has 0 saturated carbocycles. The molecule has 0 fully saturated rings. The van der Waals surface area contributed by atoms with Crippen LogP contribution in [0.25, 0.3) is 11.3 Å². The molecule has 13 heteroatoms. The summed E-state index contributed by atoms with van der Waals surface area (Å²) in [7, 11) is 0. The minimum Gasteiger partial charge on any atom is -0.542 e. The van der Waals surface area contributed by atoms with Gasteiger partial charge in [0.25, 0.3) is 0 Å². The molecular weight excluding hydrogens is 361 g/mol. The molecule has 0 aliphatic carbocycles. The minimum atomic E-state index is -5.19. The summed E-state index contributed by atoms with van der Waals surface area (Å²) in [5.74, 6) is -3.50. The van der Waals surface area contributed by atoms with Crippen molar-refractivity contribution in [2.75, 3.05) is 11.5 Å². The predicted molar refractivity (Wildman–Crippen MR) is 77.6 cm³/mol. The molecule has 0 unspecified atom stereocenters. The van der Waals surface area contributed by atoms with E-state index in [1.807, 2.05) is 0 Å². The Bertz CT molecular complexity index is 762. The van der Waals surface area contributed by atoms with Crippen LogP contribution in [0.2, 0.25) is 0 Å². The van der Waals surface area contributed by atoms with Crippen LogP contribution in [0.15, 0.2) is 24.5 Å². The average molecular weight is 374 g/mol. The zero-order valence-electron chi connectivity index (χ0n) is 13.0. The number of nitrogens with two attached hydrogens (primary N) is 2. The van der Waals surface area contributed by atoms with Crippen molar-refractivity contribution in [3.05, 3.63) is 24.5 Å². The number of anilines is 2. The number of carbonyl (C=O) groups excluding carboxylic acids is 1. The van der Waals surface area contributed by atoms with Gasteiger partial charge < -0.3 is 26.5 Å². The largest absolute Gasteiger partial charge is 0.542 e.